The first-order chi connectivity index (χ1) is 16.3. The molecule has 0 fully saturated rings. The van der Waals surface area contributed by atoms with Crippen LogP contribution in [-0.4, -0.2) is 22.2 Å². The summed E-state index contributed by atoms with van der Waals surface area (Å²) in [4.78, 5) is 25.5. The molecule has 0 spiro atoms. The highest BCUT2D eigenvalue weighted by Gasteiger charge is 2.32. The van der Waals surface area contributed by atoms with Crippen LogP contribution >= 0.6 is 0 Å². The van der Waals surface area contributed by atoms with Crippen LogP contribution in [0.3, 0.4) is 0 Å². The smallest absolute Gasteiger partial charge is 0.341 e. The van der Waals surface area contributed by atoms with E-state index < -0.39 is 11.5 Å². The van der Waals surface area contributed by atoms with Gasteiger partial charge in [-0.15, -0.1) is 0 Å². The number of rotatable bonds is 8. The predicted molar refractivity (Wildman–Crippen MR) is 135 cm³/mol. The van der Waals surface area contributed by atoms with Crippen LogP contribution in [0.2, 0.25) is 0 Å². The van der Waals surface area contributed by atoms with E-state index in [9.17, 15) is 14.7 Å². The molecule has 0 bridgehead atoms. The molecule has 1 unspecified atom stereocenters. The average molecular weight is 460 g/mol. The second kappa shape index (κ2) is 9.88. The van der Waals surface area contributed by atoms with Gasteiger partial charge in [0.1, 0.15) is 11.3 Å². The number of pyridine rings is 1. The maximum Gasteiger partial charge on any atom is 0.341 e. The summed E-state index contributed by atoms with van der Waals surface area (Å²) in [7, 11) is 0. The number of carboxylic acids is 1. The van der Waals surface area contributed by atoms with Gasteiger partial charge in [-0.1, -0.05) is 57.5 Å². The number of hydrogen-bond acceptors (Lipinski definition) is 3. The average Bonchev–Trinajstić information content (AvgIpc) is 2.81. The van der Waals surface area contributed by atoms with E-state index in [1.165, 1.54) is 0 Å². The minimum atomic E-state index is -1.18. The standard InChI is InChI=1S/C29H33NO4/c1-5-6-12-34-26-15-21-14-22(18(2)3)24-16-25(29(32)33)28(31)30(17-20-10-8-7-9-11-20)27(24)23(21)13-19(26)4/h7-11,13,15-16,18,22H,5-6,12,14,17H2,1-4H3,(H,32,33). The molecule has 1 aliphatic carbocycles. The number of fused-ring (bicyclic) bond motifs is 3. The second-order valence-electron chi connectivity index (χ2n) is 9.58. The number of aryl methyl sites for hydroxylation is 1. The third-order valence-electron chi connectivity index (χ3n) is 6.79. The largest absolute Gasteiger partial charge is 0.493 e. The minimum absolute atomic E-state index is 0.106. The van der Waals surface area contributed by atoms with Crippen LogP contribution in [0.25, 0.3) is 11.3 Å². The molecule has 0 saturated heterocycles. The molecule has 5 heteroatoms. The topological polar surface area (TPSA) is 68.5 Å². The number of ether oxygens (including phenoxy) is 1. The van der Waals surface area contributed by atoms with Gasteiger partial charge in [-0.25, -0.2) is 4.79 Å². The number of carbonyl (C=O) groups is 1. The maximum absolute atomic E-state index is 13.5. The fraction of sp³-hybridized carbons (Fsp3) is 0.379. The van der Waals surface area contributed by atoms with Gasteiger partial charge < -0.3 is 14.4 Å². The minimum Gasteiger partial charge on any atom is -0.493 e. The first-order valence-corrected chi connectivity index (χ1v) is 12.1. The van der Waals surface area contributed by atoms with Crippen LogP contribution in [0.1, 0.15) is 72.1 Å². The van der Waals surface area contributed by atoms with Crippen LogP contribution in [-0.2, 0) is 13.0 Å². The Hall–Kier alpha value is -3.34. The zero-order valence-corrected chi connectivity index (χ0v) is 20.4. The number of carboxylic acid groups (broad SMARTS) is 1. The third kappa shape index (κ3) is 4.52. The summed E-state index contributed by atoms with van der Waals surface area (Å²) < 4.78 is 7.75. The van der Waals surface area contributed by atoms with Crippen LogP contribution in [0.4, 0.5) is 0 Å². The first kappa shape index (κ1) is 23.8. The molecule has 1 N–H and O–H groups in total. The molecule has 1 aromatic heterocycles. The highest BCUT2D eigenvalue weighted by molar-refractivity contribution is 5.89. The monoisotopic (exact) mass is 459 g/mol. The molecule has 1 heterocycles. The lowest BCUT2D eigenvalue weighted by Gasteiger charge is -2.33. The highest BCUT2D eigenvalue weighted by Crippen LogP contribution is 2.44. The Morgan fingerprint density at radius 3 is 2.56 bits per heavy atom. The summed E-state index contributed by atoms with van der Waals surface area (Å²) in [6.45, 7) is 9.48. The molecule has 0 radical (unpaired) electrons. The lowest BCUT2D eigenvalue weighted by atomic mass is 9.75. The van der Waals surface area contributed by atoms with E-state index in [2.05, 4.69) is 32.9 Å². The fourth-order valence-electron chi connectivity index (χ4n) is 4.89. The second-order valence-corrected chi connectivity index (χ2v) is 9.58. The van der Waals surface area contributed by atoms with Crippen molar-refractivity contribution in [1.82, 2.24) is 4.57 Å². The van der Waals surface area contributed by atoms with Crippen molar-refractivity contribution in [2.75, 3.05) is 6.61 Å². The molecule has 3 aromatic rings. The van der Waals surface area contributed by atoms with E-state index >= 15 is 0 Å². The number of unbranched alkanes of at least 4 members (excludes halogenated alkanes) is 1. The molecule has 178 valence electrons. The van der Waals surface area contributed by atoms with Gasteiger partial charge in [-0.05, 0) is 72.1 Å². The Bertz CT molecular complexity index is 1260. The van der Waals surface area contributed by atoms with Gasteiger partial charge in [0.05, 0.1) is 18.8 Å². The molecule has 0 saturated carbocycles. The SMILES string of the molecule is CCCCOc1cc2c(cc1C)-c1c(cc(C(=O)O)c(=O)n1Cc1ccccc1)C(C(C)C)C2. The van der Waals surface area contributed by atoms with Crippen molar-refractivity contribution >= 4 is 5.97 Å². The van der Waals surface area contributed by atoms with E-state index in [0.29, 0.717) is 13.2 Å². The van der Waals surface area contributed by atoms with Gasteiger partial charge >= 0.3 is 5.97 Å². The van der Waals surface area contributed by atoms with E-state index in [1.54, 1.807) is 10.6 Å². The number of aromatic carboxylic acids is 1. The van der Waals surface area contributed by atoms with Gasteiger partial charge in [0.25, 0.3) is 5.56 Å². The molecular weight excluding hydrogens is 426 g/mol. The molecule has 4 rings (SSSR count). The van der Waals surface area contributed by atoms with E-state index in [0.717, 1.165) is 58.5 Å². The molecule has 0 amide bonds. The summed E-state index contributed by atoms with van der Waals surface area (Å²) in [6, 6.07) is 15.6. The first-order valence-electron chi connectivity index (χ1n) is 12.1. The Labute approximate surface area is 201 Å². The van der Waals surface area contributed by atoms with Crippen LogP contribution in [0, 0.1) is 12.8 Å². The van der Waals surface area contributed by atoms with Crippen LogP contribution in [0.15, 0.2) is 53.3 Å². The Morgan fingerprint density at radius 2 is 1.91 bits per heavy atom. The Kier molecular flexibility index (Phi) is 6.92. The van der Waals surface area contributed by atoms with Crippen molar-refractivity contribution in [1.29, 1.82) is 0 Å². The molecular formula is C29H33NO4. The van der Waals surface area contributed by atoms with Crippen molar-refractivity contribution in [2.45, 2.75) is 59.4 Å². The van der Waals surface area contributed by atoms with Crippen molar-refractivity contribution in [3.63, 3.8) is 0 Å². The lowest BCUT2D eigenvalue weighted by molar-refractivity contribution is 0.0694. The normalized spacial score (nSPS) is 14.6. The van der Waals surface area contributed by atoms with Crippen molar-refractivity contribution in [3.05, 3.63) is 86.7 Å². The maximum atomic E-state index is 13.5. The number of aromatic nitrogens is 1. The Morgan fingerprint density at radius 1 is 1.18 bits per heavy atom. The summed E-state index contributed by atoms with van der Waals surface area (Å²) in [5, 5.41) is 9.83. The molecule has 5 nitrogen and oxygen atoms in total. The number of hydrogen-bond donors (Lipinski definition) is 1. The van der Waals surface area contributed by atoms with E-state index in [-0.39, 0.29) is 17.4 Å². The zero-order chi connectivity index (χ0) is 24.4. The fourth-order valence-corrected chi connectivity index (χ4v) is 4.89. The quantitative estimate of drug-likeness (QED) is 0.417. The molecule has 2 aromatic carbocycles. The van der Waals surface area contributed by atoms with Gasteiger partial charge in [0.2, 0.25) is 0 Å². The molecule has 1 atom stereocenters. The summed E-state index contributed by atoms with van der Waals surface area (Å²) in [5.74, 6) is 0.0902. The highest BCUT2D eigenvalue weighted by atomic mass is 16.5. The lowest BCUT2D eigenvalue weighted by Crippen LogP contribution is -2.32. The third-order valence-corrected chi connectivity index (χ3v) is 6.79. The molecule has 0 aliphatic heterocycles. The van der Waals surface area contributed by atoms with Gasteiger partial charge in [0, 0.05) is 5.56 Å². The van der Waals surface area contributed by atoms with Gasteiger partial charge in [-0.2, -0.15) is 0 Å². The predicted octanol–water partition coefficient (Wildman–Crippen LogP) is 6.04. The Balaban J connectivity index is 1.96. The molecule has 34 heavy (non-hydrogen) atoms. The summed E-state index contributed by atoms with van der Waals surface area (Å²) in [6.07, 6.45) is 2.86. The van der Waals surface area contributed by atoms with Gasteiger partial charge in [-0.3, -0.25) is 4.79 Å². The van der Waals surface area contributed by atoms with E-state index in [1.807, 2.05) is 37.3 Å². The van der Waals surface area contributed by atoms with Crippen LogP contribution < -0.4 is 10.3 Å². The summed E-state index contributed by atoms with van der Waals surface area (Å²) >= 11 is 0. The van der Waals surface area contributed by atoms with Crippen molar-refractivity contribution in [2.24, 2.45) is 5.92 Å². The number of nitrogens with zero attached hydrogens (tertiary/aromatic N) is 1. The number of benzene rings is 2. The molecule has 1 aliphatic rings. The zero-order valence-electron chi connectivity index (χ0n) is 20.4. The van der Waals surface area contributed by atoms with Gasteiger partial charge in [0.15, 0.2) is 0 Å². The van der Waals surface area contributed by atoms with Crippen LogP contribution in [0.5, 0.6) is 5.75 Å². The van der Waals surface area contributed by atoms with E-state index in [4.69, 9.17) is 4.74 Å². The van der Waals surface area contributed by atoms with Crippen molar-refractivity contribution < 1.29 is 14.6 Å². The van der Waals surface area contributed by atoms with Crippen molar-refractivity contribution in [3.8, 4) is 17.0 Å². The summed E-state index contributed by atoms with van der Waals surface area (Å²) in [5.41, 5.74) is 5.26.